The first-order valence-corrected chi connectivity index (χ1v) is 6.74. The van der Waals surface area contributed by atoms with E-state index < -0.39 is 0 Å². The molecular weight excluding hydrogens is 236 g/mol. The number of hydrogen-bond acceptors (Lipinski definition) is 2. The lowest BCUT2D eigenvalue weighted by Gasteiger charge is -2.29. The van der Waals surface area contributed by atoms with Gasteiger partial charge in [0.05, 0.1) is 13.2 Å². The Labute approximate surface area is 115 Å². The Morgan fingerprint density at radius 2 is 1.95 bits per heavy atom. The number of terminal acetylenes is 1. The molecule has 0 aromatic heterocycles. The average molecular weight is 256 g/mol. The molecule has 1 aromatic carbocycles. The molecule has 2 nitrogen and oxygen atoms in total. The molecule has 1 aliphatic rings. The van der Waals surface area contributed by atoms with Gasteiger partial charge in [-0.3, -0.25) is 0 Å². The van der Waals surface area contributed by atoms with Crippen molar-refractivity contribution in [1.82, 2.24) is 0 Å². The van der Waals surface area contributed by atoms with Gasteiger partial charge < -0.3 is 9.47 Å². The Morgan fingerprint density at radius 1 is 1.26 bits per heavy atom. The van der Waals surface area contributed by atoms with Crippen LogP contribution in [0.15, 0.2) is 36.9 Å². The van der Waals surface area contributed by atoms with Crippen LogP contribution in [0.2, 0.25) is 0 Å². The first-order valence-electron chi connectivity index (χ1n) is 6.74. The van der Waals surface area contributed by atoms with E-state index in [2.05, 4.69) is 12.5 Å². The summed E-state index contributed by atoms with van der Waals surface area (Å²) in [4.78, 5) is 0. The molecule has 0 saturated carbocycles. The predicted molar refractivity (Wildman–Crippen MR) is 76.6 cm³/mol. The summed E-state index contributed by atoms with van der Waals surface area (Å²) in [6.07, 6.45) is 10.4. The summed E-state index contributed by atoms with van der Waals surface area (Å²) in [6.45, 7) is 5.26. The van der Waals surface area contributed by atoms with E-state index in [1.165, 1.54) is 0 Å². The second-order valence-electron chi connectivity index (χ2n) is 4.85. The van der Waals surface area contributed by atoms with Gasteiger partial charge in [0.1, 0.15) is 0 Å². The largest absolute Gasteiger partial charge is 0.348 e. The molecule has 0 bridgehead atoms. The Morgan fingerprint density at radius 3 is 2.53 bits per heavy atom. The van der Waals surface area contributed by atoms with Crippen molar-refractivity contribution in [2.24, 2.45) is 5.92 Å². The molecule has 1 aliphatic heterocycles. The van der Waals surface area contributed by atoms with Gasteiger partial charge in [-0.05, 0) is 31.4 Å². The van der Waals surface area contributed by atoms with E-state index in [4.69, 9.17) is 15.9 Å². The van der Waals surface area contributed by atoms with Crippen LogP contribution in [0, 0.1) is 18.3 Å². The summed E-state index contributed by atoms with van der Waals surface area (Å²) < 4.78 is 11.6. The summed E-state index contributed by atoms with van der Waals surface area (Å²) in [5.41, 5.74) is 1.91. The first-order chi connectivity index (χ1) is 9.33. The van der Waals surface area contributed by atoms with Crippen molar-refractivity contribution in [3.8, 4) is 12.3 Å². The molecular formula is C17H20O2. The fourth-order valence-electron chi connectivity index (χ4n) is 2.19. The minimum atomic E-state index is -0.248. The van der Waals surface area contributed by atoms with Crippen LogP contribution in [0.1, 0.15) is 36.7 Å². The number of ether oxygens (including phenoxy) is 2. The molecule has 1 aromatic rings. The SMILES string of the molecule is C#Cc1ccc(C2OCC(CCCC=C)CO2)cc1. The highest BCUT2D eigenvalue weighted by Gasteiger charge is 2.22. The topological polar surface area (TPSA) is 18.5 Å². The van der Waals surface area contributed by atoms with Crippen LogP contribution in [0.25, 0.3) is 0 Å². The van der Waals surface area contributed by atoms with Crippen LogP contribution in [0.3, 0.4) is 0 Å². The molecule has 0 amide bonds. The maximum absolute atomic E-state index is 5.78. The number of benzene rings is 1. The lowest BCUT2D eigenvalue weighted by atomic mass is 10.0. The normalized spacial score (nSPS) is 22.7. The molecule has 0 atom stereocenters. The average Bonchev–Trinajstić information content (AvgIpc) is 2.48. The van der Waals surface area contributed by atoms with Gasteiger partial charge in [-0.25, -0.2) is 0 Å². The molecule has 2 rings (SSSR count). The minimum Gasteiger partial charge on any atom is -0.348 e. The van der Waals surface area contributed by atoms with Crippen molar-refractivity contribution in [2.75, 3.05) is 13.2 Å². The smallest absolute Gasteiger partial charge is 0.183 e. The van der Waals surface area contributed by atoms with Crippen LogP contribution in [0.5, 0.6) is 0 Å². The Bertz CT molecular complexity index is 433. The number of rotatable bonds is 5. The molecule has 0 unspecified atom stereocenters. The van der Waals surface area contributed by atoms with Crippen LogP contribution in [0.4, 0.5) is 0 Å². The fourth-order valence-corrected chi connectivity index (χ4v) is 2.19. The lowest BCUT2D eigenvalue weighted by Crippen LogP contribution is -2.27. The van der Waals surface area contributed by atoms with E-state index in [9.17, 15) is 0 Å². The lowest BCUT2D eigenvalue weighted by molar-refractivity contribution is -0.206. The van der Waals surface area contributed by atoms with E-state index in [1.54, 1.807) is 0 Å². The maximum Gasteiger partial charge on any atom is 0.183 e. The van der Waals surface area contributed by atoms with Crippen molar-refractivity contribution >= 4 is 0 Å². The van der Waals surface area contributed by atoms with Crippen molar-refractivity contribution in [2.45, 2.75) is 25.6 Å². The van der Waals surface area contributed by atoms with Crippen molar-refractivity contribution < 1.29 is 9.47 Å². The van der Waals surface area contributed by atoms with Crippen molar-refractivity contribution in [3.05, 3.63) is 48.0 Å². The maximum atomic E-state index is 5.78. The number of hydrogen-bond donors (Lipinski definition) is 0. The van der Waals surface area contributed by atoms with E-state index in [0.29, 0.717) is 5.92 Å². The molecule has 0 N–H and O–H groups in total. The highest BCUT2D eigenvalue weighted by molar-refractivity contribution is 5.34. The zero-order chi connectivity index (χ0) is 13.5. The molecule has 0 aliphatic carbocycles. The Hall–Kier alpha value is -1.56. The van der Waals surface area contributed by atoms with Gasteiger partial charge in [-0.2, -0.15) is 0 Å². The molecule has 1 heterocycles. The van der Waals surface area contributed by atoms with Gasteiger partial charge in [0.25, 0.3) is 0 Å². The number of allylic oxidation sites excluding steroid dienone is 1. The minimum absolute atomic E-state index is 0.248. The quantitative estimate of drug-likeness (QED) is 0.454. The van der Waals surface area contributed by atoms with E-state index in [-0.39, 0.29) is 6.29 Å². The third kappa shape index (κ3) is 3.96. The van der Waals surface area contributed by atoms with E-state index >= 15 is 0 Å². The first kappa shape index (κ1) is 13.9. The van der Waals surface area contributed by atoms with Gasteiger partial charge in [-0.1, -0.05) is 24.1 Å². The van der Waals surface area contributed by atoms with Crippen LogP contribution in [-0.4, -0.2) is 13.2 Å². The second kappa shape index (κ2) is 7.13. The molecule has 1 fully saturated rings. The van der Waals surface area contributed by atoms with E-state index in [1.807, 2.05) is 30.3 Å². The van der Waals surface area contributed by atoms with Gasteiger partial charge in [0.2, 0.25) is 0 Å². The highest BCUT2D eigenvalue weighted by atomic mass is 16.7. The van der Waals surface area contributed by atoms with Crippen molar-refractivity contribution in [1.29, 1.82) is 0 Å². The highest BCUT2D eigenvalue weighted by Crippen LogP contribution is 2.27. The van der Waals surface area contributed by atoms with Gasteiger partial charge in [0.15, 0.2) is 6.29 Å². The zero-order valence-corrected chi connectivity index (χ0v) is 11.2. The predicted octanol–water partition coefficient (Wildman–Crippen LogP) is 3.69. The molecule has 0 radical (unpaired) electrons. The third-order valence-electron chi connectivity index (χ3n) is 3.34. The molecule has 0 spiro atoms. The number of unbranched alkanes of at least 4 members (excludes halogenated alkanes) is 1. The summed E-state index contributed by atoms with van der Waals surface area (Å²) >= 11 is 0. The molecule has 2 heteroatoms. The van der Waals surface area contributed by atoms with Crippen LogP contribution in [-0.2, 0) is 9.47 Å². The van der Waals surface area contributed by atoms with E-state index in [0.717, 1.165) is 43.6 Å². The van der Waals surface area contributed by atoms with Crippen LogP contribution >= 0.6 is 0 Å². The molecule has 100 valence electrons. The molecule has 19 heavy (non-hydrogen) atoms. The summed E-state index contributed by atoms with van der Waals surface area (Å²) in [5.74, 6) is 3.10. The second-order valence-corrected chi connectivity index (χ2v) is 4.85. The van der Waals surface area contributed by atoms with Gasteiger partial charge >= 0.3 is 0 Å². The standard InChI is InChI=1S/C17H20O2/c1-3-5-6-7-15-12-18-17(19-13-15)16-10-8-14(4-2)9-11-16/h2-3,8-11,15,17H,1,5-7,12-13H2. The fraction of sp³-hybridized carbons (Fsp3) is 0.412. The summed E-state index contributed by atoms with van der Waals surface area (Å²) in [6, 6.07) is 7.77. The molecule has 1 saturated heterocycles. The van der Waals surface area contributed by atoms with Gasteiger partial charge in [0, 0.05) is 17.0 Å². The van der Waals surface area contributed by atoms with Crippen molar-refractivity contribution in [3.63, 3.8) is 0 Å². The zero-order valence-electron chi connectivity index (χ0n) is 11.2. The van der Waals surface area contributed by atoms with Crippen LogP contribution < -0.4 is 0 Å². The summed E-state index contributed by atoms with van der Waals surface area (Å²) in [7, 11) is 0. The monoisotopic (exact) mass is 256 g/mol. The third-order valence-corrected chi connectivity index (χ3v) is 3.34. The summed E-state index contributed by atoms with van der Waals surface area (Å²) in [5, 5.41) is 0. The van der Waals surface area contributed by atoms with Gasteiger partial charge in [-0.15, -0.1) is 13.0 Å². The Balaban J connectivity index is 1.82. The Kier molecular flexibility index (Phi) is 5.20.